The van der Waals surface area contributed by atoms with Crippen LogP contribution in [0.4, 0.5) is 0 Å². The lowest BCUT2D eigenvalue weighted by Gasteiger charge is -2.18. The molecule has 0 saturated carbocycles. The molecular weight excluding hydrogens is 372 g/mol. The van der Waals surface area contributed by atoms with E-state index in [1.807, 2.05) is 67.7 Å². The Morgan fingerprint density at radius 3 is 2.57 bits per heavy atom. The maximum Gasteiger partial charge on any atom is 0.294 e. The van der Waals surface area contributed by atoms with Gasteiger partial charge in [-0.1, -0.05) is 54.1 Å². The van der Waals surface area contributed by atoms with Gasteiger partial charge in [0, 0.05) is 22.2 Å². The lowest BCUT2D eigenvalue weighted by atomic mass is 9.98. The van der Waals surface area contributed by atoms with Gasteiger partial charge < -0.3 is 4.74 Å². The summed E-state index contributed by atoms with van der Waals surface area (Å²) in [4.78, 5) is 17.7. The summed E-state index contributed by atoms with van der Waals surface area (Å²) < 4.78 is 7.32. The van der Waals surface area contributed by atoms with Crippen molar-refractivity contribution in [2.45, 2.75) is 13.5 Å². The van der Waals surface area contributed by atoms with Crippen LogP contribution in [-0.4, -0.2) is 16.7 Å². The van der Waals surface area contributed by atoms with Crippen molar-refractivity contribution >= 4 is 22.5 Å². The van der Waals surface area contributed by atoms with E-state index >= 15 is 0 Å². The summed E-state index contributed by atoms with van der Waals surface area (Å²) in [5.41, 5.74) is 4.23. The van der Waals surface area contributed by atoms with Gasteiger partial charge in [-0.2, -0.15) is 0 Å². The van der Waals surface area contributed by atoms with Crippen LogP contribution in [0.25, 0.3) is 22.0 Å². The van der Waals surface area contributed by atoms with E-state index in [2.05, 4.69) is 4.98 Å². The van der Waals surface area contributed by atoms with Crippen LogP contribution < -0.4 is 10.3 Å². The van der Waals surface area contributed by atoms with Crippen molar-refractivity contribution in [3.8, 4) is 16.9 Å². The van der Waals surface area contributed by atoms with Crippen molar-refractivity contribution in [2.24, 2.45) is 0 Å². The summed E-state index contributed by atoms with van der Waals surface area (Å²) in [6.07, 6.45) is 3.54. The Hall–Kier alpha value is -3.11. The van der Waals surface area contributed by atoms with Crippen LogP contribution in [0.2, 0.25) is 5.02 Å². The monoisotopic (exact) mass is 390 g/mol. The average molecular weight is 391 g/mol. The fraction of sp³-hybridized carbons (Fsp3) is 0.130. The van der Waals surface area contributed by atoms with Crippen LogP contribution in [0.1, 0.15) is 11.1 Å². The van der Waals surface area contributed by atoms with Crippen molar-refractivity contribution in [3.63, 3.8) is 0 Å². The number of halogens is 1. The molecule has 0 aliphatic rings. The van der Waals surface area contributed by atoms with Crippen molar-refractivity contribution < 1.29 is 4.74 Å². The molecule has 4 rings (SSSR count). The van der Waals surface area contributed by atoms with Gasteiger partial charge in [0.1, 0.15) is 0 Å². The van der Waals surface area contributed by atoms with E-state index in [-0.39, 0.29) is 5.56 Å². The molecule has 0 atom stereocenters. The van der Waals surface area contributed by atoms with E-state index in [0.29, 0.717) is 17.3 Å². The largest absolute Gasteiger partial charge is 0.491 e. The summed E-state index contributed by atoms with van der Waals surface area (Å²) >= 11 is 6.13. The standard InChI is InChI=1S/C23H19ClN2O2/c1-15-12-25-13-19-20(15)21(17-8-4-3-5-9-17)22(28-2)23(27)26(19)14-16-7-6-10-18(24)11-16/h3-13H,14H2,1-2H3. The number of aromatic nitrogens is 2. The van der Waals surface area contributed by atoms with Crippen LogP contribution >= 0.6 is 11.6 Å². The molecule has 2 aromatic carbocycles. The third kappa shape index (κ3) is 3.16. The topological polar surface area (TPSA) is 44.1 Å². The van der Waals surface area contributed by atoms with Gasteiger partial charge in [-0.3, -0.25) is 14.3 Å². The molecule has 4 aromatic rings. The molecular formula is C23H19ClN2O2. The predicted octanol–water partition coefficient (Wildman–Crippen LogP) is 5.08. The molecule has 0 spiro atoms. The normalized spacial score (nSPS) is 11.0. The second kappa shape index (κ2) is 7.49. The zero-order chi connectivity index (χ0) is 19.7. The van der Waals surface area contributed by atoms with Crippen LogP contribution in [0.5, 0.6) is 5.75 Å². The molecule has 140 valence electrons. The second-order valence-electron chi connectivity index (χ2n) is 6.65. The minimum atomic E-state index is -0.193. The highest BCUT2D eigenvalue weighted by Gasteiger charge is 2.20. The lowest BCUT2D eigenvalue weighted by Crippen LogP contribution is -2.24. The molecule has 0 fully saturated rings. The van der Waals surface area contributed by atoms with E-state index in [0.717, 1.165) is 33.2 Å². The quantitative estimate of drug-likeness (QED) is 0.488. The van der Waals surface area contributed by atoms with E-state index in [1.165, 1.54) is 7.11 Å². The van der Waals surface area contributed by atoms with Gasteiger partial charge in [0.2, 0.25) is 0 Å². The number of aryl methyl sites for hydroxylation is 1. The number of methoxy groups -OCH3 is 1. The first-order valence-electron chi connectivity index (χ1n) is 8.95. The zero-order valence-corrected chi connectivity index (χ0v) is 16.4. The number of benzene rings is 2. The molecule has 2 aromatic heterocycles. The number of nitrogens with zero attached hydrogens (tertiary/aromatic N) is 2. The smallest absolute Gasteiger partial charge is 0.294 e. The molecule has 28 heavy (non-hydrogen) atoms. The summed E-state index contributed by atoms with van der Waals surface area (Å²) in [5.74, 6) is 0.329. The molecule has 0 bridgehead atoms. The summed E-state index contributed by atoms with van der Waals surface area (Å²) in [7, 11) is 1.54. The Morgan fingerprint density at radius 2 is 1.86 bits per heavy atom. The van der Waals surface area contributed by atoms with Gasteiger partial charge in [0.25, 0.3) is 5.56 Å². The summed E-state index contributed by atoms with van der Waals surface area (Å²) in [6, 6.07) is 17.3. The van der Waals surface area contributed by atoms with Crippen molar-refractivity contribution in [3.05, 3.63) is 93.5 Å². The lowest BCUT2D eigenvalue weighted by molar-refractivity contribution is 0.407. The second-order valence-corrected chi connectivity index (χ2v) is 7.08. The number of fused-ring (bicyclic) bond motifs is 1. The molecule has 4 nitrogen and oxygen atoms in total. The number of ether oxygens (including phenoxy) is 1. The molecule has 0 aliphatic heterocycles. The van der Waals surface area contributed by atoms with Crippen LogP contribution in [0.3, 0.4) is 0 Å². The van der Waals surface area contributed by atoms with Crippen LogP contribution in [0.15, 0.2) is 71.8 Å². The fourth-order valence-corrected chi connectivity index (χ4v) is 3.79. The summed E-state index contributed by atoms with van der Waals surface area (Å²) in [5, 5.41) is 1.59. The van der Waals surface area contributed by atoms with Gasteiger partial charge in [-0.05, 0) is 35.7 Å². The zero-order valence-electron chi connectivity index (χ0n) is 15.6. The molecule has 0 N–H and O–H groups in total. The van der Waals surface area contributed by atoms with Crippen LogP contribution in [-0.2, 0) is 6.54 Å². The molecule has 0 amide bonds. The molecule has 0 saturated heterocycles. The Balaban J connectivity index is 2.07. The van der Waals surface area contributed by atoms with Gasteiger partial charge in [0.15, 0.2) is 5.75 Å². The van der Waals surface area contributed by atoms with E-state index in [9.17, 15) is 4.79 Å². The Bertz CT molecular complexity index is 1220. The minimum absolute atomic E-state index is 0.193. The predicted molar refractivity (Wildman–Crippen MR) is 113 cm³/mol. The maximum atomic E-state index is 13.4. The third-order valence-electron chi connectivity index (χ3n) is 4.82. The molecule has 0 aliphatic carbocycles. The van der Waals surface area contributed by atoms with Gasteiger partial charge >= 0.3 is 0 Å². The van der Waals surface area contributed by atoms with Crippen molar-refractivity contribution in [1.29, 1.82) is 0 Å². The highest BCUT2D eigenvalue weighted by molar-refractivity contribution is 6.30. The molecule has 5 heteroatoms. The molecule has 0 radical (unpaired) electrons. The fourth-order valence-electron chi connectivity index (χ4n) is 3.58. The Morgan fingerprint density at radius 1 is 1.07 bits per heavy atom. The van der Waals surface area contributed by atoms with Crippen molar-refractivity contribution in [2.75, 3.05) is 7.11 Å². The van der Waals surface area contributed by atoms with Gasteiger partial charge in [-0.15, -0.1) is 0 Å². The number of hydrogen-bond donors (Lipinski definition) is 0. The van der Waals surface area contributed by atoms with E-state index in [4.69, 9.17) is 16.3 Å². The minimum Gasteiger partial charge on any atom is -0.491 e. The SMILES string of the molecule is COc1c(-c2ccccc2)c2c(C)cncc2n(Cc2cccc(Cl)c2)c1=O. The van der Waals surface area contributed by atoms with E-state index < -0.39 is 0 Å². The van der Waals surface area contributed by atoms with Gasteiger partial charge in [0.05, 0.1) is 25.4 Å². The molecule has 2 heterocycles. The third-order valence-corrected chi connectivity index (χ3v) is 5.05. The van der Waals surface area contributed by atoms with Crippen molar-refractivity contribution in [1.82, 2.24) is 9.55 Å². The number of hydrogen-bond acceptors (Lipinski definition) is 3. The first-order valence-corrected chi connectivity index (χ1v) is 9.33. The highest BCUT2D eigenvalue weighted by Crippen LogP contribution is 2.36. The maximum absolute atomic E-state index is 13.4. The molecule has 0 unspecified atom stereocenters. The highest BCUT2D eigenvalue weighted by atomic mass is 35.5. The first-order chi connectivity index (χ1) is 13.6. The van der Waals surface area contributed by atoms with Crippen LogP contribution in [0, 0.1) is 6.92 Å². The summed E-state index contributed by atoms with van der Waals surface area (Å²) in [6.45, 7) is 2.38. The first kappa shape index (κ1) is 18.3. The Kier molecular flexibility index (Phi) is 4.88. The number of rotatable bonds is 4. The number of pyridine rings is 2. The Labute approximate surface area is 168 Å². The van der Waals surface area contributed by atoms with E-state index in [1.54, 1.807) is 10.8 Å². The average Bonchev–Trinajstić information content (AvgIpc) is 2.70. The van der Waals surface area contributed by atoms with Gasteiger partial charge in [-0.25, -0.2) is 0 Å².